The fourth-order valence-corrected chi connectivity index (χ4v) is 2.63. The van der Waals surface area contributed by atoms with Crippen LogP contribution in [-0.2, 0) is 4.79 Å². The third kappa shape index (κ3) is 4.70. The van der Waals surface area contributed by atoms with Crippen LogP contribution in [0.2, 0.25) is 5.02 Å². The van der Waals surface area contributed by atoms with Crippen LogP contribution in [-0.4, -0.2) is 29.3 Å². The number of aliphatic hydroxyl groups excluding tert-OH is 2. The summed E-state index contributed by atoms with van der Waals surface area (Å²) in [6, 6.07) is 6.75. The van der Waals surface area contributed by atoms with Gasteiger partial charge in [-0.3, -0.25) is 4.79 Å². The second-order valence-electron chi connectivity index (χ2n) is 5.32. The average molecular weight is 314 g/mol. The van der Waals surface area contributed by atoms with Crippen molar-refractivity contribution in [3.05, 3.63) is 34.9 Å². The second kappa shape index (κ2) is 8.37. The summed E-state index contributed by atoms with van der Waals surface area (Å²) in [5, 5.41) is 22.4. The molecule has 0 radical (unpaired) electrons. The molecule has 0 bridgehead atoms. The largest absolute Gasteiger partial charge is 0.396 e. The topological polar surface area (TPSA) is 69.6 Å². The third-order valence-electron chi connectivity index (χ3n) is 4.23. The highest BCUT2D eigenvalue weighted by Crippen LogP contribution is 2.30. The molecule has 0 aromatic heterocycles. The van der Waals surface area contributed by atoms with E-state index in [-0.39, 0.29) is 12.0 Å². The van der Waals surface area contributed by atoms with Crippen LogP contribution in [0.4, 0.5) is 0 Å². The minimum absolute atomic E-state index is 0.0879. The molecular weight excluding hydrogens is 290 g/mol. The van der Waals surface area contributed by atoms with Crippen molar-refractivity contribution in [3.63, 3.8) is 0 Å². The van der Waals surface area contributed by atoms with Gasteiger partial charge in [0.25, 0.3) is 5.91 Å². The number of halogens is 1. The number of hydrogen-bond donors (Lipinski definition) is 3. The molecule has 5 heteroatoms. The lowest BCUT2D eigenvalue weighted by Gasteiger charge is -2.31. The van der Waals surface area contributed by atoms with Crippen LogP contribution in [0.3, 0.4) is 0 Å². The molecule has 0 aliphatic heterocycles. The molecule has 1 amide bonds. The van der Waals surface area contributed by atoms with E-state index in [1.54, 1.807) is 24.3 Å². The average Bonchev–Trinajstić information content (AvgIpc) is 2.51. The third-order valence-corrected chi connectivity index (χ3v) is 4.57. The first-order valence-corrected chi connectivity index (χ1v) is 7.68. The molecule has 0 saturated heterocycles. The molecule has 1 aromatic rings. The van der Waals surface area contributed by atoms with Crippen LogP contribution in [0.5, 0.6) is 0 Å². The van der Waals surface area contributed by atoms with E-state index in [4.69, 9.17) is 11.6 Å². The first kappa shape index (κ1) is 18.0. The molecule has 0 fully saturated rings. The number of aliphatic hydroxyl groups is 2. The Bertz CT molecular complexity index is 461. The maximum Gasteiger partial charge on any atom is 0.253 e. The van der Waals surface area contributed by atoms with Crippen molar-refractivity contribution in [1.82, 2.24) is 5.32 Å². The van der Waals surface area contributed by atoms with Crippen LogP contribution < -0.4 is 5.32 Å². The Morgan fingerprint density at radius 2 is 1.95 bits per heavy atom. The molecule has 0 spiro atoms. The van der Waals surface area contributed by atoms with E-state index < -0.39 is 12.0 Å². The number of amides is 1. The highest BCUT2D eigenvalue weighted by molar-refractivity contribution is 6.31. The lowest BCUT2D eigenvalue weighted by Crippen LogP contribution is -2.39. The molecule has 21 heavy (non-hydrogen) atoms. The van der Waals surface area contributed by atoms with Crippen molar-refractivity contribution in [3.8, 4) is 0 Å². The van der Waals surface area contributed by atoms with Gasteiger partial charge in [-0.25, -0.2) is 0 Å². The smallest absolute Gasteiger partial charge is 0.253 e. The Balaban J connectivity index is 2.70. The predicted molar refractivity (Wildman–Crippen MR) is 84.1 cm³/mol. The minimum atomic E-state index is -1.28. The van der Waals surface area contributed by atoms with E-state index in [9.17, 15) is 15.0 Å². The molecule has 3 N–H and O–H groups in total. The zero-order valence-corrected chi connectivity index (χ0v) is 13.4. The van der Waals surface area contributed by atoms with Crippen molar-refractivity contribution in [2.45, 2.75) is 39.2 Å². The Kier molecular flexibility index (Phi) is 7.15. The van der Waals surface area contributed by atoms with E-state index in [0.29, 0.717) is 23.6 Å². The number of rotatable bonds is 8. The summed E-state index contributed by atoms with van der Waals surface area (Å²) in [4.78, 5) is 12.1. The van der Waals surface area contributed by atoms with Gasteiger partial charge >= 0.3 is 0 Å². The Morgan fingerprint density at radius 1 is 1.33 bits per heavy atom. The van der Waals surface area contributed by atoms with Gasteiger partial charge in [-0.1, -0.05) is 43.6 Å². The predicted octanol–water partition coefficient (Wildman–Crippen LogP) is 2.68. The first-order chi connectivity index (χ1) is 9.99. The van der Waals surface area contributed by atoms with Crippen LogP contribution in [0.15, 0.2) is 24.3 Å². The highest BCUT2D eigenvalue weighted by Gasteiger charge is 2.28. The maximum atomic E-state index is 12.1. The Labute approximate surface area is 131 Å². The number of carbonyl (C=O) groups is 1. The summed E-state index contributed by atoms with van der Waals surface area (Å²) < 4.78 is 0. The lowest BCUT2D eigenvalue weighted by molar-refractivity contribution is -0.130. The van der Waals surface area contributed by atoms with Crippen LogP contribution in [0.1, 0.15) is 44.8 Å². The summed E-state index contributed by atoms with van der Waals surface area (Å²) in [5.41, 5.74) is 0.266. The van der Waals surface area contributed by atoms with E-state index in [2.05, 4.69) is 5.32 Å². The highest BCUT2D eigenvalue weighted by atomic mass is 35.5. The SMILES string of the molecule is CCC(CC)(CCO)CNC(=O)[C@H](O)c1ccccc1Cl. The van der Waals surface area contributed by atoms with Gasteiger partial charge in [0.2, 0.25) is 0 Å². The van der Waals surface area contributed by atoms with Gasteiger partial charge < -0.3 is 15.5 Å². The Morgan fingerprint density at radius 3 is 2.48 bits per heavy atom. The van der Waals surface area contributed by atoms with Gasteiger partial charge in [-0.05, 0) is 30.7 Å². The molecule has 4 nitrogen and oxygen atoms in total. The standard InChI is InChI=1S/C16H24ClNO3/c1-3-16(4-2,9-10-19)11-18-15(21)14(20)12-7-5-6-8-13(12)17/h5-8,14,19-20H,3-4,9-11H2,1-2H3,(H,18,21)/t14-/m1/s1. The quantitative estimate of drug-likeness (QED) is 0.691. The summed E-state index contributed by atoms with van der Waals surface area (Å²) in [5.74, 6) is -0.465. The molecule has 0 aliphatic rings. The van der Waals surface area contributed by atoms with E-state index in [1.165, 1.54) is 0 Å². The van der Waals surface area contributed by atoms with Gasteiger partial charge in [0, 0.05) is 23.7 Å². The van der Waals surface area contributed by atoms with Crippen molar-refractivity contribution >= 4 is 17.5 Å². The number of hydrogen-bond acceptors (Lipinski definition) is 3. The van der Waals surface area contributed by atoms with E-state index >= 15 is 0 Å². The molecule has 1 aromatic carbocycles. The molecule has 118 valence electrons. The minimum Gasteiger partial charge on any atom is -0.396 e. The summed E-state index contributed by atoms with van der Waals surface area (Å²) in [6.07, 6.45) is 1.06. The summed E-state index contributed by atoms with van der Waals surface area (Å²) in [7, 11) is 0. The molecule has 0 unspecified atom stereocenters. The van der Waals surface area contributed by atoms with Gasteiger partial charge in [0.1, 0.15) is 0 Å². The summed E-state index contributed by atoms with van der Waals surface area (Å²) >= 11 is 5.98. The van der Waals surface area contributed by atoms with Crippen LogP contribution >= 0.6 is 11.6 Å². The molecule has 0 aliphatic carbocycles. The number of benzene rings is 1. The molecule has 0 heterocycles. The van der Waals surface area contributed by atoms with Crippen LogP contribution in [0, 0.1) is 5.41 Å². The first-order valence-electron chi connectivity index (χ1n) is 7.30. The normalized spacial score (nSPS) is 13.0. The van der Waals surface area contributed by atoms with Gasteiger partial charge in [0.05, 0.1) is 0 Å². The fourth-order valence-electron chi connectivity index (χ4n) is 2.39. The lowest BCUT2D eigenvalue weighted by atomic mass is 9.79. The van der Waals surface area contributed by atoms with Crippen LogP contribution in [0.25, 0.3) is 0 Å². The zero-order valence-electron chi connectivity index (χ0n) is 12.6. The molecule has 0 saturated carbocycles. The van der Waals surface area contributed by atoms with Gasteiger partial charge in [0.15, 0.2) is 6.10 Å². The van der Waals surface area contributed by atoms with Crippen molar-refractivity contribution in [1.29, 1.82) is 0 Å². The zero-order chi connectivity index (χ0) is 15.9. The van der Waals surface area contributed by atoms with E-state index in [1.807, 2.05) is 13.8 Å². The summed E-state index contributed by atoms with van der Waals surface area (Å²) in [6.45, 7) is 4.59. The molecular formula is C16H24ClNO3. The molecule has 1 atom stereocenters. The van der Waals surface area contributed by atoms with Crippen molar-refractivity contribution in [2.75, 3.05) is 13.2 Å². The van der Waals surface area contributed by atoms with Crippen molar-refractivity contribution in [2.24, 2.45) is 5.41 Å². The van der Waals surface area contributed by atoms with Gasteiger partial charge in [-0.15, -0.1) is 0 Å². The van der Waals surface area contributed by atoms with Crippen molar-refractivity contribution < 1.29 is 15.0 Å². The monoisotopic (exact) mass is 313 g/mol. The second-order valence-corrected chi connectivity index (χ2v) is 5.73. The maximum absolute atomic E-state index is 12.1. The fraction of sp³-hybridized carbons (Fsp3) is 0.562. The number of carbonyl (C=O) groups excluding carboxylic acids is 1. The molecule has 1 rings (SSSR count). The number of nitrogens with one attached hydrogen (secondary N) is 1. The van der Waals surface area contributed by atoms with E-state index in [0.717, 1.165) is 12.8 Å². The van der Waals surface area contributed by atoms with Gasteiger partial charge in [-0.2, -0.15) is 0 Å². The Hall–Kier alpha value is -1.10.